The van der Waals surface area contributed by atoms with Gasteiger partial charge in [0.25, 0.3) is 5.91 Å². The van der Waals surface area contributed by atoms with Gasteiger partial charge in [-0.1, -0.05) is 76.2 Å². The molecule has 12 amide bonds. The zero-order chi connectivity index (χ0) is 63.0. The van der Waals surface area contributed by atoms with Crippen LogP contribution in [0, 0.1) is 29.6 Å². The van der Waals surface area contributed by atoms with Crippen LogP contribution in [0.1, 0.15) is 149 Å². The van der Waals surface area contributed by atoms with Crippen LogP contribution in [0.25, 0.3) is 0 Å². The molecule has 464 valence electrons. The fraction of sp³-hybridized carbons (Fsp3) is 0.807. The van der Waals surface area contributed by atoms with Crippen molar-refractivity contribution < 1.29 is 57.8 Å². The molecular weight excluding hydrogens is 1040 g/mol. The zero-order valence-electron chi connectivity index (χ0n) is 53.0. The average molecular weight is 1150 g/mol. The Morgan fingerprint density at radius 1 is 0.481 bits per heavy atom. The van der Waals surface area contributed by atoms with Gasteiger partial charge in [-0.3, -0.25) is 52.8 Å². The number of amides is 12. The number of imide groups is 1. The number of urea groups is 1. The first-order valence-electron chi connectivity index (χ1n) is 28.7. The summed E-state index contributed by atoms with van der Waals surface area (Å²) < 4.78 is 0. The van der Waals surface area contributed by atoms with E-state index in [-0.39, 0.29) is 62.8 Å². The second kappa shape index (κ2) is 32.1. The average Bonchev–Trinajstić information content (AvgIpc) is 3.37. The highest BCUT2D eigenvalue weighted by molar-refractivity contribution is 6.02. The lowest BCUT2D eigenvalue weighted by Crippen LogP contribution is -2.62. The van der Waals surface area contributed by atoms with Gasteiger partial charge in [-0.05, 0) is 102 Å². The summed E-state index contributed by atoms with van der Waals surface area (Å²) in [5.74, 6) is -8.47. The third-order valence-corrected chi connectivity index (χ3v) is 15.1. The van der Waals surface area contributed by atoms with Crippen LogP contribution in [-0.4, -0.2) is 226 Å². The van der Waals surface area contributed by atoms with E-state index in [4.69, 9.17) is 5.73 Å². The highest BCUT2D eigenvalue weighted by atomic mass is 16.3. The quantitative estimate of drug-likeness (QED) is 0.145. The monoisotopic (exact) mass is 1150 g/mol. The van der Waals surface area contributed by atoms with Gasteiger partial charge in [0.15, 0.2) is 0 Å². The molecule has 10 atom stereocenters. The molecule has 0 aliphatic carbocycles. The zero-order valence-corrected chi connectivity index (χ0v) is 53.0. The van der Waals surface area contributed by atoms with Crippen LogP contribution in [0.4, 0.5) is 4.79 Å². The molecule has 0 bridgehead atoms. The molecule has 1 aliphatic heterocycles. The van der Waals surface area contributed by atoms with Crippen molar-refractivity contribution >= 4 is 65.1 Å². The van der Waals surface area contributed by atoms with Gasteiger partial charge in [-0.25, -0.2) is 4.79 Å². The van der Waals surface area contributed by atoms with Gasteiger partial charge in [0.05, 0.1) is 5.60 Å². The summed E-state index contributed by atoms with van der Waals surface area (Å²) in [6.07, 6.45) is 0.492. The minimum absolute atomic E-state index is 0.00644. The van der Waals surface area contributed by atoms with Crippen molar-refractivity contribution in [3.8, 4) is 0 Å². The highest BCUT2D eigenvalue weighted by Gasteiger charge is 2.44. The predicted molar refractivity (Wildman–Crippen MR) is 309 cm³/mol. The summed E-state index contributed by atoms with van der Waals surface area (Å²) in [6, 6.07) is -13.5. The Labute approximate surface area is 483 Å². The first-order valence-corrected chi connectivity index (χ1v) is 28.7. The molecule has 0 aromatic heterocycles. The van der Waals surface area contributed by atoms with E-state index in [1.54, 1.807) is 34.6 Å². The van der Waals surface area contributed by atoms with Crippen molar-refractivity contribution in [2.45, 2.75) is 215 Å². The number of likely N-dealkylation sites (N-methyl/N-ethyl adjacent to an activating group) is 7. The summed E-state index contributed by atoms with van der Waals surface area (Å²) >= 11 is 0. The van der Waals surface area contributed by atoms with Gasteiger partial charge in [-0.15, -0.1) is 0 Å². The molecule has 7 N–H and O–H groups in total. The molecule has 24 heteroatoms. The Morgan fingerprint density at radius 2 is 0.914 bits per heavy atom. The van der Waals surface area contributed by atoms with Crippen LogP contribution < -0.4 is 27.0 Å². The molecule has 0 aromatic rings. The summed E-state index contributed by atoms with van der Waals surface area (Å²) in [6.45, 7) is 25.3. The third-order valence-electron chi connectivity index (χ3n) is 15.1. The van der Waals surface area contributed by atoms with E-state index in [1.807, 2.05) is 41.5 Å². The van der Waals surface area contributed by atoms with E-state index >= 15 is 0 Å². The van der Waals surface area contributed by atoms with Crippen molar-refractivity contribution in [3.05, 3.63) is 0 Å². The van der Waals surface area contributed by atoms with E-state index in [1.165, 1.54) is 96.6 Å². The lowest BCUT2D eigenvalue weighted by molar-refractivity contribution is -0.154. The Bertz CT molecular complexity index is 2200. The van der Waals surface area contributed by atoms with Crippen LogP contribution in [0.3, 0.4) is 0 Å². The Hall–Kier alpha value is -5.91. The van der Waals surface area contributed by atoms with Gasteiger partial charge in [0.2, 0.25) is 53.2 Å². The molecule has 81 heavy (non-hydrogen) atoms. The maximum Gasteiger partial charge on any atom is 0.324 e. The third kappa shape index (κ3) is 20.5. The number of carbonyl (C=O) groups excluding carboxylic acids is 11. The highest BCUT2D eigenvalue weighted by Crippen LogP contribution is 2.24. The standard InChI is InChI=1S/C57H104N12O12/c1-23-38-50(74)64(17)40(26-27-58)51(75)67(20)43(30-57(14,15)81)48(72)62-44(34(8)9)54(78)63(16)39(25-24-31(2)3)47(71)59-36(12)46(70)60-37(13)49(73)65(18)41(28-32(4)5)52(76)66(19)42(29-33(6)7)53(77)68(21)45(35(10)11)55(79)69(22)56(80)61-38/h31-45,81H,23-30,58H2,1-22H3,(H,59,71)(H,60,70)(H,61,80)(H,62,72)/t36?,37-,38-,39+,40+,41-,42-,43-,44+,45-/m0/s1. The van der Waals surface area contributed by atoms with E-state index in [0.29, 0.717) is 6.42 Å². The molecule has 0 spiro atoms. The molecule has 0 radical (unpaired) electrons. The first-order chi connectivity index (χ1) is 37.2. The minimum Gasteiger partial charge on any atom is -0.390 e. The van der Waals surface area contributed by atoms with Gasteiger partial charge in [0, 0.05) is 55.8 Å². The van der Waals surface area contributed by atoms with Crippen LogP contribution in [-0.2, 0) is 47.9 Å². The van der Waals surface area contributed by atoms with Crippen molar-refractivity contribution in [1.29, 1.82) is 0 Å². The van der Waals surface area contributed by atoms with Crippen molar-refractivity contribution in [2.75, 3.05) is 55.9 Å². The van der Waals surface area contributed by atoms with Crippen LogP contribution >= 0.6 is 0 Å². The van der Waals surface area contributed by atoms with Crippen molar-refractivity contribution in [2.24, 2.45) is 35.3 Å². The van der Waals surface area contributed by atoms with Gasteiger partial charge < -0.3 is 61.5 Å². The van der Waals surface area contributed by atoms with E-state index in [2.05, 4.69) is 21.3 Å². The van der Waals surface area contributed by atoms with Gasteiger partial charge in [-0.2, -0.15) is 0 Å². The summed E-state index contributed by atoms with van der Waals surface area (Å²) in [5.41, 5.74) is 4.47. The largest absolute Gasteiger partial charge is 0.390 e. The summed E-state index contributed by atoms with van der Waals surface area (Å²) in [7, 11) is 9.56. The molecule has 1 saturated heterocycles. The van der Waals surface area contributed by atoms with Crippen molar-refractivity contribution in [3.63, 3.8) is 0 Å². The normalized spacial score (nSPS) is 26.7. The summed E-state index contributed by atoms with van der Waals surface area (Å²) in [4.78, 5) is 167. The van der Waals surface area contributed by atoms with Crippen LogP contribution in [0.15, 0.2) is 0 Å². The molecule has 1 heterocycles. The van der Waals surface area contributed by atoms with Gasteiger partial charge in [0.1, 0.15) is 60.4 Å². The van der Waals surface area contributed by atoms with Crippen molar-refractivity contribution in [1.82, 2.24) is 55.6 Å². The van der Waals surface area contributed by atoms with Crippen LogP contribution in [0.2, 0.25) is 0 Å². The van der Waals surface area contributed by atoms with E-state index in [9.17, 15) is 57.8 Å². The lowest BCUT2D eigenvalue weighted by Gasteiger charge is -2.40. The molecule has 0 saturated carbocycles. The molecular formula is C57H104N12O12. The number of nitrogens with one attached hydrogen (secondary N) is 4. The van der Waals surface area contributed by atoms with Gasteiger partial charge >= 0.3 is 6.03 Å². The Kier molecular flexibility index (Phi) is 28.9. The smallest absolute Gasteiger partial charge is 0.324 e. The molecule has 1 fully saturated rings. The predicted octanol–water partition coefficient (Wildman–Crippen LogP) is 1.75. The molecule has 1 aliphatic rings. The molecule has 0 aromatic carbocycles. The topological polar surface area (TPSA) is 305 Å². The molecule has 1 rings (SSSR count). The maximum atomic E-state index is 14.8. The fourth-order valence-corrected chi connectivity index (χ4v) is 9.95. The Balaban J connectivity index is 4.26. The van der Waals surface area contributed by atoms with E-state index in [0.717, 1.165) is 14.7 Å². The summed E-state index contributed by atoms with van der Waals surface area (Å²) in [5, 5.41) is 21.9. The van der Waals surface area contributed by atoms with Crippen LogP contribution in [0.5, 0.6) is 0 Å². The number of carbonyl (C=O) groups is 11. The second-order valence-corrected chi connectivity index (χ2v) is 24.8. The number of hydrogen-bond donors (Lipinski definition) is 6. The number of rotatable bonds is 14. The first kappa shape index (κ1) is 73.1. The SMILES string of the molecule is CC[C@@H]1NC(=O)N(C)C(=O)[C@H](C(C)C)N(C)C(=O)[C@H](CC(C)C)N(C)C(=O)[C@H](CC(C)C)N(C)C(=O)[C@H](C)NC(=O)C(C)NC(=O)[C@@H](CCC(C)C)N(C)C(=O)[C@@H](C(C)C)NC(=O)[C@H](CC(C)(C)O)N(C)C(=O)[C@@H](CCN)N(C)C1=O. The molecule has 24 nitrogen and oxygen atoms in total. The number of nitrogens with zero attached hydrogens (tertiary/aromatic N) is 7. The number of aliphatic hydroxyl groups is 1. The maximum absolute atomic E-state index is 14.8. The Morgan fingerprint density at radius 3 is 1.36 bits per heavy atom. The number of nitrogens with two attached hydrogens (primary N) is 1. The number of hydrogen-bond acceptors (Lipinski definition) is 13. The van der Waals surface area contributed by atoms with E-state index < -0.39 is 143 Å². The second-order valence-electron chi connectivity index (χ2n) is 24.8. The minimum atomic E-state index is -1.56. The molecule has 1 unspecified atom stereocenters. The lowest BCUT2D eigenvalue weighted by atomic mass is 9.95. The fourth-order valence-electron chi connectivity index (χ4n) is 9.95.